The largest absolute Gasteiger partial charge is 0.495 e. The maximum atomic E-state index is 9.56. The topological polar surface area (TPSA) is 54.4 Å². The number of nitrogens with zero attached hydrogens (tertiary/aromatic N) is 1. The lowest BCUT2D eigenvalue weighted by Gasteiger charge is -2.14. The van der Waals surface area contributed by atoms with Crippen molar-refractivity contribution in [3.8, 4) is 17.0 Å². The van der Waals surface area contributed by atoms with E-state index in [2.05, 4.69) is 5.32 Å². The zero-order chi connectivity index (χ0) is 17.1. The molecule has 6 heteroatoms. The Kier molecular flexibility index (Phi) is 6.48. The summed E-state index contributed by atoms with van der Waals surface area (Å²) in [7, 11) is 1.59. The van der Waals surface area contributed by atoms with Gasteiger partial charge in [-0.05, 0) is 37.3 Å². The average Bonchev–Trinajstić information content (AvgIpc) is 2.59. The van der Waals surface area contributed by atoms with Crippen molar-refractivity contribution in [2.75, 3.05) is 19.0 Å². The highest BCUT2D eigenvalue weighted by Crippen LogP contribution is 2.32. The highest BCUT2D eigenvalue weighted by atomic mass is 35.5. The molecule has 2 aromatic carbocycles. The van der Waals surface area contributed by atoms with E-state index in [-0.39, 0.29) is 12.4 Å². The minimum atomic E-state index is -0.434. The summed E-state index contributed by atoms with van der Waals surface area (Å²) in [5, 5.41) is 14.4. The smallest absolute Gasteiger partial charge is 0.137 e. The Labute approximate surface area is 158 Å². The van der Waals surface area contributed by atoms with Gasteiger partial charge in [0.1, 0.15) is 5.75 Å². The molecular formula is C19H20Cl2N2O2. The summed E-state index contributed by atoms with van der Waals surface area (Å²) in [6.07, 6.45) is -0.434. The third kappa shape index (κ3) is 4.34. The van der Waals surface area contributed by atoms with Gasteiger partial charge in [-0.1, -0.05) is 29.8 Å². The second-order valence-corrected chi connectivity index (χ2v) is 6.06. The van der Waals surface area contributed by atoms with E-state index in [0.717, 1.165) is 27.8 Å². The molecule has 0 saturated heterocycles. The van der Waals surface area contributed by atoms with Crippen LogP contribution in [0.1, 0.15) is 6.92 Å². The van der Waals surface area contributed by atoms with Gasteiger partial charge in [-0.15, -0.1) is 12.4 Å². The zero-order valence-electron chi connectivity index (χ0n) is 14.0. The molecule has 3 aromatic rings. The van der Waals surface area contributed by atoms with Crippen LogP contribution in [0.4, 0.5) is 5.69 Å². The van der Waals surface area contributed by atoms with Crippen LogP contribution in [0, 0.1) is 0 Å². The Bertz CT molecular complexity index is 869. The number of halogens is 2. The summed E-state index contributed by atoms with van der Waals surface area (Å²) in [6, 6.07) is 15.5. The average molecular weight is 379 g/mol. The Hall–Kier alpha value is -2.01. The van der Waals surface area contributed by atoms with E-state index in [1.807, 2.05) is 48.5 Å². The molecule has 0 radical (unpaired) electrons. The number of pyridine rings is 1. The fourth-order valence-electron chi connectivity index (χ4n) is 2.55. The second kappa shape index (κ2) is 8.39. The molecule has 0 saturated carbocycles. The fourth-order valence-corrected chi connectivity index (χ4v) is 2.81. The van der Waals surface area contributed by atoms with Crippen LogP contribution in [0.2, 0.25) is 5.02 Å². The number of rotatable bonds is 5. The third-order valence-corrected chi connectivity index (χ3v) is 4.05. The molecule has 1 aromatic heterocycles. The summed E-state index contributed by atoms with van der Waals surface area (Å²) < 4.78 is 5.20. The minimum absolute atomic E-state index is 0. The standard InChI is InChI=1S/C19H19ClN2O2.ClH/c1-12(23)11-21-18-10-17(22-16-6-4-3-5-14(16)18)13-7-8-19(24-2)15(20)9-13;/h3-10,12,23H,11H2,1-2H3,(H,21,22);1H/t12-;/m0./s1. The van der Waals surface area contributed by atoms with Crippen LogP contribution in [0.5, 0.6) is 5.75 Å². The summed E-state index contributed by atoms with van der Waals surface area (Å²) in [6.45, 7) is 2.22. The molecule has 0 unspecified atom stereocenters. The first-order chi connectivity index (χ1) is 11.6. The van der Waals surface area contributed by atoms with Crippen molar-refractivity contribution in [3.63, 3.8) is 0 Å². The van der Waals surface area contributed by atoms with E-state index in [1.54, 1.807) is 14.0 Å². The maximum absolute atomic E-state index is 9.56. The zero-order valence-corrected chi connectivity index (χ0v) is 15.6. The first kappa shape index (κ1) is 19.3. The van der Waals surface area contributed by atoms with Crippen LogP contribution in [-0.2, 0) is 0 Å². The first-order valence-electron chi connectivity index (χ1n) is 7.74. The monoisotopic (exact) mass is 378 g/mol. The number of aliphatic hydroxyl groups excluding tert-OH is 1. The van der Waals surface area contributed by atoms with Crippen molar-refractivity contribution >= 4 is 40.6 Å². The summed E-state index contributed by atoms with van der Waals surface area (Å²) in [4.78, 5) is 4.73. The number of aromatic nitrogens is 1. The molecule has 0 aliphatic rings. The van der Waals surface area contributed by atoms with Crippen molar-refractivity contribution in [3.05, 3.63) is 53.6 Å². The Morgan fingerprint density at radius 2 is 1.96 bits per heavy atom. The van der Waals surface area contributed by atoms with Gasteiger partial charge in [0, 0.05) is 23.2 Å². The highest BCUT2D eigenvalue weighted by molar-refractivity contribution is 6.32. The van der Waals surface area contributed by atoms with Gasteiger partial charge < -0.3 is 15.2 Å². The number of hydrogen-bond donors (Lipinski definition) is 2. The number of benzene rings is 2. The van der Waals surface area contributed by atoms with E-state index >= 15 is 0 Å². The number of aliphatic hydroxyl groups is 1. The number of fused-ring (bicyclic) bond motifs is 1. The van der Waals surface area contributed by atoms with Crippen LogP contribution < -0.4 is 10.1 Å². The molecule has 2 N–H and O–H groups in total. The molecule has 132 valence electrons. The molecule has 0 fully saturated rings. The lowest BCUT2D eigenvalue weighted by molar-refractivity contribution is 0.208. The number of methoxy groups -OCH3 is 1. The van der Waals surface area contributed by atoms with Crippen LogP contribution in [0.15, 0.2) is 48.5 Å². The van der Waals surface area contributed by atoms with Crippen LogP contribution in [-0.4, -0.2) is 29.8 Å². The van der Waals surface area contributed by atoms with Gasteiger partial charge in [-0.3, -0.25) is 0 Å². The van der Waals surface area contributed by atoms with Gasteiger partial charge in [0.05, 0.1) is 29.4 Å². The number of hydrogen-bond acceptors (Lipinski definition) is 4. The van der Waals surface area contributed by atoms with Crippen LogP contribution in [0.3, 0.4) is 0 Å². The normalized spacial score (nSPS) is 11.7. The van der Waals surface area contributed by atoms with Crippen molar-refractivity contribution in [1.29, 1.82) is 0 Å². The fraction of sp³-hybridized carbons (Fsp3) is 0.211. The molecular weight excluding hydrogens is 359 g/mol. The molecule has 0 aliphatic heterocycles. The number of nitrogens with one attached hydrogen (secondary N) is 1. The van der Waals surface area contributed by atoms with Crippen molar-refractivity contribution in [1.82, 2.24) is 4.98 Å². The van der Waals surface area contributed by atoms with E-state index in [0.29, 0.717) is 17.3 Å². The first-order valence-corrected chi connectivity index (χ1v) is 8.12. The van der Waals surface area contributed by atoms with Crippen molar-refractivity contribution < 1.29 is 9.84 Å². The van der Waals surface area contributed by atoms with Crippen molar-refractivity contribution in [2.45, 2.75) is 13.0 Å². The van der Waals surface area contributed by atoms with Gasteiger partial charge >= 0.3 is 0 Å². The van der Waals surface area contributed by atoms with Gasteiger partial charge in [-0.25, -0.2) is 4.98 Å². The molecule has 3 rings (SSSR count). The Balaban J connectivity index is 0.00000225. The second-order valence-electron chi connectivity index (χ2n) is 5.65. The lowest BCUT2D eigenvalue weighted by Crippen LogP contribution is -2.15. The van der Waals surface area contributed by atoms with Crippen LogP contribution in [0.25, 0.3) is 22.2 Å². The summed E-state index contributed by atoms with van der Waals surface area (Å²) in [5.41, 5.74) is 3.54. The van der Waals surface area contributed by atoms with E-state index < -0.39 is 6.10 Å². The molecule has 1 atom stereocenters. The number of ether oxygens (including phenoxy) is 1. The third-order valence-electron chi connectivity index (χ3n) is 3.75. The van der Waals surface area contributed by atoms with E-state index in [9.17, 15) is 5.11 Å². The summed E-state index contributed by atoms with van der Waals surface area (Å²) >= 11 is 6.24. The Morgan fingerprint density at radius 3 is 2.64 bits per heavy atom. The number of para-hydroxylation sites is 1. The molecule has 0 spiro atoms. The predicted molar refractivity (Wildman–Crippen MR) is 106 cm³/mol. The molecule has 4 nitrogen and oxygen atoms in total. The quantitative estimate of drug-likeness (QED) is 0.670. The lowest BCUT2D eigenvalue weighted by atomic mass is 10.1. The Morgan fingerprint density at radius 1 is 1.20 bits per heavy atom. The van der Waals surface area contributed by atoms with Crippen LogP contribution >= 0.6 is 24.0 Å². The van der Waals surface area contributed by atoms with Gasteiger partial charge in [0.2, 0.25) is 0 Å². The SMILES string of the molecule is COc1ccc(-c2cc(NC[C@H](C)O)c3ccccc3n2)cc1Cl.Cl. The molecule has 0 bridgehead atoms. The number of anilines is 1. The molecule has 0 amide bonds. The van der Waals surface area contributed by atoms with Crippen molar-refractivity contribution in [2.24, 2.45) is 0 Å². The maximum Gasteiger partial charge on any atom is 0.137 e. The van der Waals surface area contributed by atoms with E-state index in [4.69, 9.17) is 21.3 Å². The minimum Gasteiger partial charge on any atom is -0.495 e. The molecule has 1 heterocycles. The summed E-state index contributed by atoms with van der Waals surface area (Å²) in [5.74, 6) is 0.633. The highest BCUT2D eigenvalue weighted by Gasteiger charge is 2.10. The van der Waals surface area contributed by atoms with Gasteiger partial charge in [0.15, 0.2) is 0 Å². The van der Waals surface area contributed by atoms with Gasteiger partial charge in [-0.2, -0.15) is 0 Å². The molecule has 25 heavy (non-hydrogen) atoms. The predicted octanol–water partition coefficient (Wildman–Crippen LogP) is 4.78. The van der Waals surface area contributed by atoms with Gasteiger partial charge in [0.25, 0.3) is 0 Å². The van der Waals surface area contributed by atoms with E-state index in [1.165, 1.54) is 0 Å². The molecule has 0 aliphatic carbocycles.